The van der Waals surface area contributed by atoms with E-state index in [2.05, 4.69) is 15.3 Å². The molecule has 5 aromatic rings. The molecule has 2 aromatic heterocycles. The number of hydrogen-bond acceptors (Lipinski definition) is 2. The molecule has 0 bridgehead atoms. The van der Waals surface area contributed by atoms with Crippen LogP contribution in [0, 0.1) is 0 Å². The van der Waals surface area contributed by atoms with E-state index in [9.17, 15) is 9.59 Å². The summed E-state index contributed by atoms with van der Waals surface area (Å²) in [7, 11) is 0. The highest BCUT2D eigenvalue weighted by Crippen LogP contribution is 2.32. The number of benzene rings is 3. The van der Waals surface area contributed by atoms with Crippen molar-refractivity contribution in [1.82, 2.24) is 20.2 Å². The fourth-order valence-electron chi connectivity index (χ4n) is 5.82. The van der Waals surface area contributed by atoms with Crippen molar-refractivity contribution >= 4 is 22.7 Å². The van der Waals surface area contributed by atoms with Crippen LogP contribution < -0.4 is 5.32 Å². The highest BCUT2D eigenvalue weighted by molar-refractivity contribution is 5.99. The smallest absolute Gasteiger partial charge is 0.271 e. The number of nitrogens with zero attached hydrogens (tertiary/aromatic N) is 1. The van der Waals surface area contributed by atoms with Crippen molar-refractivity contribution in [2.45, 2.75) is 50.7 Å². The molecule has 202 valence electrons. The number of hydrogen-bond donors (Lipinski definition) is 3. The second-order valence-electron chi connectivity index (χ2n) is 10.6. The third-order valence-electron chi connectivity index (χ3n) is 7.89. The number of amides is 2. The summed E-state index contributed by atoms with van der Waals surface area (Å²) in [4.78, 5) is 36.9. The number of carbonyl (C=O) groups excluding carboxylic acids is 2. The minimum Gasteiger partial charge on any atom is -0.361 e. The molecule has 2 heterocycles. The minimum atomic E-state index is -0.811. The Bertz CT molecular complexity index is 1580. The fourth-order valence-corrected chi connectivity index (χ4v) is 5.82. The first-order valence-corrected chi connectivity index (χ1v) is 14.1. The first-order valence-electron chi connectivity index (χ1n) is 14.1. The molecule has 2 amide bonds. The molecule has 0 spiro atoms. The monoisotopic (exact) mass is 530 g/mol. The largest absolute Gasteiger partial charge is 0.361 e. The van der Waals surface area contributed by atoms with Gasteiger partial charge in [-0.1, -0.05) is 98.1 Å². The van der Waals surface area contributed by atoms with Crippen molar-refractivity contribution in [3.05, 3.63) is 120 Å². The van der Waals surface area contributed by atoms with Crippen LogP contribution in [-0.4, -0.2) is 32.7 Å². The van der Waals surface area contributed by atoms with Crippen LogP contribution in [0.25, 0.3) is 22.2 Å². The summed E-state index contributed by atoms with van der Waals surface area (Å²) in [5.74, 6) is -0.365. The van der Waals surface area contributed by atoms with Gasteiger partial charge in [0.05, 0.1) is 0 Å². The zero-order valence-electron chi connectivity index (χ0n) is 22.5. The number of aromatic amines is 2. The Morgan fingerprint density at radius 3 is 2.30 bits per heavy atom. The molecule has 6 rings (SSSR count). The minimum absolute atomic E-state index is 0.123. The summed E-state index contributed by atoms with van der Waals surface area (Å²) < 4.78 is 0. The van der Waals surface area contributed by atoms with Gasteiger partial charge in [0.2, 0.25) is 5.91 Å². The molecule has 1 fully saturated rings. The Kier molecular flexibility index (Phi) is 7.49. The van der Waals surface area contributed by atoms with E-state index in [1.165, 1.54) is 6.42 Å². The molecule has 1 atom stereocenters. The summed E-state index contributed by atoms with van der Waals surface area (Å²) in [5, 5.41) is 4.26. The van der Waals surface area contributed by atoms with Crippen molar-refractivity contribution in [3.8, 4) is 11.3 Å². The summed E-state index contributed by atoms with van der Waals surface area (Å²) in [6.45, 7) is 0.293. The molecule has 1 saturated carbocycles. The fraction of sp³-hybridized carbons (Fsp3) is 0.235. The Morgan fingerprint density at radius 2 is 1.52 bits per heavy atom. The Labute approximate surface area is 234 Å². The third kappa shape index (κ3) is 5.43. The molecule has 3 N–H and O–H groups in total. The normalized spacial score (nSPS) is 14.6. The van der Waals surface area contributed by atoms with Gasteiger partial charge in [-0.15, -0.1) is 0 Å². The quantitative estimate of drug-likeness (QED) is 0.202. The van der Waals surface area contributed by atoms with Crippen LogP contribution in [0.15, 0.2) is 103 Å². The zero-order valence-corrected chi connectivity index (χ0v) is 22.5. The molecule has 1 aliphatic rings. The summed E-state index contributed by atoms with van der Waals surface area (Å²) in [6, 6.07) is 30.8. The molecule has 6 nitrogen and oxygen atoms in total. The molecule has 40 heavy (non-hydrogen) atoms. The molecule has 0 aliphatic heterocycles. The van der Waals surface area contributed by atoms with Crippen LogP contribution in [0.2, 0.25) is 0 Å². The molecule has 6 heteroatoms. The van der Waals surface area contributed by atoms with E-state index < -0.39 is 6.04 Å². The predicted molar refractivity (Wildman–Crippen MR) is 159 cm³/mol. The van der Waals surface area contributed by atoms with Crippen LogP contribution in [-0.2, 0) is 11.3 Å². The van der Waals surface area contributed by atoms with Crippen LogP contribution in [0.3, 0.4) is 0 Å². The van der Waals surface area contributed by atoms with Gasteiger partial charge in [0.15, 0.2) is 0 Å². The van der Waals surface area contributed by atoms with E-state index in [1.807, 2.05) is 103 Å². The van der Waals surface area contributed by atoms with Crippen molar-refractivity contribution < 1.29 is 9.59 Å². The number of aromatic nitrogens is 2. The lowest BCUT2D eigenvalue weighted by molar-refractivity contribution is -0.127. The molecular formula is C34H34N4O2. The van der Waals surface area contributed by atoms with Crippen LogP contribution in [0.1, 0.15) is 59.8 Å². The SMILES string of the molecule is O=C(NC1CCCCC1)C(c1c[nH]c2ccccc12)N(Cc1ccccc1)C(=O)c1ccc(-c2ccccc2)[nH]1. The van der Waals surface area contributed by atoms with Crippen molar-refractivity contribution in [1.29, 1.82) is 0 Å². The first-order chi connectivity index (χ1) is 19.7. The van der Waals surface area contributed by atoms with E-state index in [0.717, 1.165) is 59.0 Å². The van der Waals surface area contributed by atoms with Gasteiger partial charge in [-0.2, -0.15) is 0 Å². The number of para-hydroxylation sites is 1. The highest BCUT2D eigenvalue weighted by atomic mass is 16.2. The standard InChI is InChI=1S/C34H34N4O2/c39-33(36-26-16-8-3-9-17-26)32(28-22-35-30-19-11-10-18-27(28)30)38(23-24-12-4-1-5-13-24)34(40)31-21-20-29(37-31)25-14-6-2-7-15-25/h1-2,4-7,10-15,18-22,26,32,35,37H,3,8-9,16-17,23H2,(H,36,39). The molecule has 0 saturated heterocycles. The second kappa shape index (κ2) is 11.7. The van der Waals surface area contributed by atoms with E-state index in [0.29, 0.717) is 12.2 Å². The second-order valence-corrected chi connectivity index (χ2v) is 10.6. The molecular weight excluding hydrogens is 496 g/mol. The van der Waals surface area contributed by atoms with Gasteiger partial charge in [-0.3, -0.25) is 9.59 Å². The zero-order chi connectivity index (χ0) is 27.3. The van der Waals surface area contributed by atoms with Crippen molar-refractivity contribution in [3.63, 3.8) is 0 Å². The third-order valence-corrected chi connectivity index (χ3v) is 7.89. The van der Waals surface area contributed by atoms with Crippen molar-refractivity contribution in [2.75, 3.05) is 0 Å². The number of H-pyrrole nitrogens is 2. The molecule has 1 aliphatic carbocycles. The summed E-state index contributed by atoms with van der Waals surface area (Å²) in [5.41, 5.74) is 5.00. The maximum absolute atomic E-state index is 14.4. The Morgan fingerprint density at radius 1 is 0.825 bits per heavy atom. The van der Waals surface area contributed by atoms with Gasteiger partial charge >= 0.3 is 0 Å². The van der Waals surface area contributed by atoms with E-state index in [1.54, 1.807) is 4.90 Å². The molecule has 0 radical (unpaired) electrons. The Hall–Kier alpha value is -4.58. The van der Waals surface area contributed by atoms with Gasteiger partial charge in [0.1, 0.15) is 11.7 Å². The van der Waals surface area contributed by atoms with Crippen LogP contribution >= 0.6 is 0 Å². The van der Waals surface area contributed by atoms with E-state index >= 15 is 0 Å². The van der Waals surface area contributed by atoms with Gasteiger partial charge in [0.25, 0.3) is 5.91 Å². The Balaban J connectivity index is 1.42. The lowest BCUT2D eigenvalue weighted by Gasteiger charge is -2.33. The maximum atomic E-state index is 14.4. The van der Waals surface area contributed by atoms with E-state index in [-0.39, 0.29) is 17.9 Å². The number of fused-ring (bicyclic) bond motifs is 1. The lowest BCUT2D eigenvalue weighted by atomic mass is 9.94. The van der Waals surface area contributed by atoms with Gasteiger partial charge < -0.3 is 20.2 Å². The number of rotatable bonds is 8. The topological polar surface area (TPSA) is 81.0 Å². The number of carbonyl (C=O) groups is 2. The summed E-state index contributed by atoms with van der Waals surface area (Å²) >= 11 is 0. The van der Waals surface area contributed by atoms with Gasteiger partial charge in [-0.05, 0) is 42.2 Å². The first kappa shape index (κ1) is 25.7. The summed E-state index contributed by atoms with van der Waals surface area (Å²) in [6.07, 6.45) is 7.24. The molecule has 1 unspecified atom stereocenters. The highest BCUT2D eigenvalue weighted by Gasteiger charge is 2.35. The van der Waals surface area contributed by atoms with Crippen LogP contribution in [0.4, 0.5) is 0 Å². The average molecular weight is 531 g/mol. The predicted octanol–water partition coefficient (Wildman–Crippen LogP) is 7.00. The van der Waals surface area contributed by atoms with E-state index in [4.69, 9.17) is 0 Å². The maximum Gasteiger partial charge on any atom is 0.271 e. The van der Waals surface area contributed by atoms with Gasteiger partial charge in [-0.25, -0.2) is 0 Å². The lowest BCUT2D eigenvalue weighted by Crippen LogP contribution is -2.46. The molecule has 3 aromatic carbocycles. The average Bonchev–Trinajstić information content (AvgIpc) is 3.67. The number of nitrogens with one attached hydrogen (secondary N) is 3. The van der Waals surface area contributed by atoms with Crippen LogP contribution in [0.5, 0.6) is 0 Å². The van der Waals surface area contributed by atoms with Crippen molar-refractivity contribution in [2.24, 2.45) is 0 Å². The van der Waals surface area contributed by atoms with Gasteiger partial charge in [0, 0.05) is 40.9 Å².